The number of hydrogen-bond donors (Lipinski definition) is 1. The molecule has 0 aromatic heterocycles. The number of hydrogen-bond acceptors (Lipinski definition) is 3. The molecular formula is C11H21NO2. The molecule has 1 unspecified atom stereocenters. The van der Waals surface area contributed by atoms with E-state index in [4.69, 9.17) is 4.74 Å². The van der Waals surface area contributed by atoms with Crippen molar-refractivity contribution in [2.24, 2.45) is 5.92 Å². The summed E-state index contributed by atoms with van der Waals surface area (Å²) in [4.78, 5) is 11.5. The van der Waals surface area contributed by atoms with Gasteiger partial charge >= 0.3 is 5.97 Å². The maximum atomic E-state index is 11.5. The number of esters is 1. The fourth-order valence-corrected chi connectivity index (χ4v) is 2.32. The Balaban J connectivity index is 2.52. The Hall–Kier alpha value is -0.570. The summed E-state index contributed by atoms with van der Waals surface area (Å²) in [6.07, 6.45) is 7.43. The number of methoxy groups -OCH3 is 1. The quantitative estimate of drug-likeness (QED) is 0.555. The van der Waals surface area contributed by atoms with Gasteiger partial charge in [-0.1, -0.05) is 25.7 Å². The standard InChI is InChI=1S/C11H21NO2/c1-12-10(11(13)14-2)9-7-5-3-4-6-8-9/h9-10,12H,3-8H2,1-2H3. The SMILES string of the molecule is CNC(C(=O)OC)C1CCCCCC1. The monoisotopic (exact) mass is 199 g/mol. The molecule has 1 saturated carbocycles. The predicted molar refractivity (Wildman–Crippen MR) is 56.1 cm³/mol. The molecule has 3 nitrogen and oxygen atoms in total. The van der Waals surface area contributed by atoms with Gasteiger partial charge in [-0.05, 0) is 25.8 Å². The highest BCUT2D eigenvalue weighted by Crippen LogP contribution is 2.25. The van der Waals surface area contributed by atoms with E-state index in [0.717, 1.165) is 12.8 Å². The average molecular weight is 199 g/mol. The van der Waals surface area contributed by atoms with Gasteiger partial charge in [-0.2, -0.15) is 0 Å². The third-order valence-electron chi connectivity index (χ3n) is 3.14. The van der Waals surface area contributed by atoms with Gasteiger partial charge in [0.15, 0.2) is 0 Å². The van der Waals surface area contributed by atoms with E-state index >= 15 is 0 Å². The molecule has 1 rings (SSSR count). The van der Waals surface area contributed by atoms with Crippen molar-refractivity contribution in [3.63, 3.8) is 0 Å². The molecule has 0 bridgehead atoms. The molecule has 1 aliphatic rings. The van der Waals surface area contributed by atoms with E-state index in [1.54, 1.807) is 0 Å². The van der Waals surface area contributed by atoms with E-state index in [2.05, 4.69) is 5.32 Å². The molecule has 1 N–H and O–H groups in total. The Labute approximate surface area is 86.2 Å². The van der Waals surface area contributed by atoms with Gasteiger partial charge in [-0.25, -0.2) is 0 Å². The first kappa shape index (κ1) is 11.5. The number of carbonyl (C=O) groups excluding carboxylic acids is 1. The summed E-state index contributed by atoms with van der Waals surface area (Å²) in [5, 5.41) is 3.08. The van der Waals surface area contributed by atoms with Gasteiger partial charge < -0.3 is 10.1 Å². The number of rotatable bonds is 3. The van der Waals surface area contributed by atoms with Crippen LogP contribution in [0.3, 0.4) is 0 Å². The van der Waals surface area contributed by atoms with Crippen LogP contribution in [0, 0.1) is 5.92 Å². The van der Waals surface area contributed by atoms with Crippen LogP contribution in [0.5, 0.6) is 0 Å². The van der Waals surface area contributed by atoms with E-state index in [0.29, 0.717) is 5.92 Å². The molecule has 0 saturated heterocycles. The molecule has 1 atom stereocenters. The van der Waals surface area contributed by atoms with Gasteiger partial charge in [0.25, 0.3) is 0 Å². The Morgan fingerprint density at radius 1 is 1.29 bits per heavy atom. The Kier molecular flexibility index (Phi) is 4.94. The fourth-order valence-electron chi connectivity index (χ4n) is 2.32. The Morgan fingerprint density at radius 3 is 2.29 bits per heavy atom. The predicted octanol–water partition coefficient (Wildman–Crippen LogP) is 1.72. The first-order chi connectivity index (χ1) is 6.79. The van der Waals surface area contributed by atoms with Crippen LogP contribution >= 0.6 is 0 Å². The second-order valence-electron chi connectivity index (χ2n) is 4.04. The molecule has 82 valence electrons. The van der Waals surface area contributed by atoms with Crippen LogP contribution in [-0.2, 0) is 9.53 Å². The average Bonchev–Trinajstić information content (AvgIpc) is 2.47. The van der Waals surface area contributed by atoms with E-state index in [-0.39, 0.29) is 12.0 Å². The molecular weight excluding hydrogens is 178 g/mol. The molecule has 0 amide bonds. The fraction of sp³-hybridized carbons (Fsp3) is 0.909. The minimum Gasteiger partial charge on any atom is -0.468 e. The van der Waals surface area contributed by atoms with Gasteiger partial charge in [-0.3, -0.25) is 4.79 Å². The maximum Gasteiger partial charge on any atom is 0.323 e. The van der Waals surface area contributed by atoms with E-state index in [1.807, 2.05) is 7.05 Å². The van der Waals surface area contributed by atoms with Crippen LogP contribution in [0.1, 0.15) is 38.5 Å². The summed E-state index contributed by atoms with van der Waals surface area (Å²) in [6, 6.07) is -0.0990. The number of carbonyl (C=O) groups is 1. The van der Waals surface area contributed by atoms with Gasteiger partial charge in [0.1, 0.15) is 6.04 Å². The number of likely N-dealkylation sites (N-methyl/N-ethyl adjacent to an activating group) is 1. The van der Waals surface area contributed by atoms with Gasteiger partial charge in [0.2, 0.25) is 0 Å². The third-order valence-corrected chi connectivity index (χ3v) is 3.14. The largest absolute Gasteiger partial charge is 0.468 e. The molecule has 0 spiro atoms. The van der Waals surface area contributed by atoms with Gasteiger partial charge in [0, 0.05) is 0 Å². The summed E-state index contributed by atoms with van der Waals surface area (Å²) >= 11 is 0. The molecule has 0 aliphatic heterocycles. The van der Waals surface area contributed by atoms with Crippen LogP contribution in [-0.4, -0.2) is 26.2 Å². The zero-order chi connectivity index (χ0) is 10.4. The second kappa shape index (κ2) is 6.02. The maximum absolute atomic E-state index is 11.5. The third kappa shape index (κ3) is 2.98. The zero-order valence-corrected chi connectivity index (χ0v) is 9.21. The molecule has 1 fully saturated rings. The van der Waals surface area contributed by atoms with Crippen molar-refractivity contribution in [1.29, 1.82) is 0 Å². The van der Waals surface area contributed by atoms with E-state index < -0.39 is 0 Å². The van der Waals surface area contributed by atoms with Crippen molar-refractivity contribution >= 4 is 5.97 Å². The number of ether oxygens (including phenoxy) is 1. The Morgan fingerprint density at radius 2 is 1.86 bits per heavy atom. The van der Waals surface area contributed by atoms with Gasteiger partial charge in [0.05, 0.1) is 7.11 Å². The molecule has 0 aromatic carbocycles. The minimum atomic E-state index is -0.112. The van der Waals surface area contributed by atoms with Crippen molar-refractivity contribution in [2.75, 3.05) is 14.2 Å². The molecule has 0 heterocycles. The highest BCUT2D eigenvalue weighted by Gasteiger charge is 2.27. The molecule has 14 heavy (non-hydrogen) atoms. The summed E-state index contributed by atoms with van der Waals surface area (Å²) in [6.45, 7) is 0. The lowest BCUT2D eigenvalue weighted by Crippen LogP contribution is -2.41. The van der Waals surface area contributed by atoms with Crippen LogP contribution in [0.15, 0.2) is 0 Å². The summed E-state index contributed by atoms with van der Waals surface area (Å²) in [5.74, 6) is 0.356. The van der Waals surface area contributed by atoms with Crippen molar-refractivity contribution in [3.05, 3.63) is 0 Å². The Bertz CT molecular complexity index is 174. The first-order valence-corrected chi connectivity index (χ1v) is 5.54. The first-order valence-electron chi connectivity index (χ1n) is 5.54. The van der Waals surface area contributed by atoms with Crippen molar-refractivity contribution in [3.8, 4) is 0 Å². The zero-order valence-electron chi connectivity index (χ0n) is 9.21. The van der Waals surface area contributed by atoms with Crippen LogP contribution < -0.4 is 5.32 Å². The highest BCUT2D eigenvalue weighted by atomic mass is 16.5. The normalized spacial score (nSPS) is 21.3. The highest BCUT2D eigenvalue weighted by molar-refractivity contribution is 5.75. The summed E-state index contributed by atoms with van der Waals surface area (Å²) < 4.78 is 4.80. The topological polar surface area (TPSA) is 38.3 Å². The molecule has 0 aromatic rings. The lowest BCUT2D eigenvalue weighted by Gasteiger charge is -2.23. The van der Waals surface area contributed by atoms with Gasteiger partial charge in [-0.15, -0.1) is 0 Å². The second-order valence-corrected chi connectivity index (χ2v) is 4.04. The minimum absolute atomic E-state index is 0.0990. The molecule has 3 heteroatoms. The summed E-state index contributed by atoms with van der Waals surface area (Å²) in [5.41, 5.74) is 0. The van der Waals surface area contributed by atoms with Crippen molar-refractivity contribution < 1.29 is 9.53 Å². The van der Waals surface area contributed by atoms with E-state index in [1.165, 1.54) is 32.8 Å². The number of nitrogens with one attached hydrogen (secondary N) is 1. The van der Waals surface area contributed by atoms with Crippen molar-refractivity contribution in [2.45, 2.75) is 44.6 Å². The van der Waals surface area contributed by atoms with Crippen molar-refractivity contribution in [1.82, 2.24) is 5.32 Å². The molecule has 1 aliphatic carbocycles. The van der Waals surface area contributed by atoms with Crippen LogP contribution in [0.2, 0.25) is 0 Å². The molecule has 0 radical (unpaired) electrons. The lowest BCUT2D eigenvalue weighted by atomic mass is 9.92. The summed E-state index contributed by atoms with van der Waals surface area (Å²) in [7, 11) is 3.30. The van der Waals surface area contributed by atoms with E-state index in [9.17, 15) is 4.79 Å². The van der Waals surface area contributed by atoms with Crippen LogP contribution in [0.4, 0.5) is 0 Å². The smallest absolute Gasteiger partial charge is 0.323 e. The lowest BCUT2D eigenvalue weighted by molar-refractivity contribution is -0.144. The van der Waals surface area contributed by atoms with Crippen LogP contribution in [0.25, 0.3) is 0 Å².